The molecule has 1 aliphatic heterocycles. The van der Waals surface area contributed by atoms with Crippen LogP contribution in [0.15, 0.2) is 9.59 Å². The van der Waals surface area contributed by atoms with Gasteiger partial charge in [0.2, 0.25) is 12.2 Å². The first-order valence-corrected chi connectivity index (χ1v) is 8.09. The largest absolute Gasteiger partial charge is 0.449 e. The fraction of sp³-hybridized carbons (Fsp3) is 0.750. The normalized spacial score (nSPS) is 23.1. The summed E-state index contributed by atoms with van der Waals surface area (Å²) in [5, 5.41) is 0. The molecule has 0 radical (unpaired) electrons. The number of nitrogens with zero attached hydrogens (tertiary/aromatic N) is 2. The molecule has 0 amide bonds. The average molecular weight is 308 g/mol. The van der Waals surface area contributed by atoms with E-state index >= 15 is 0 Å². The summed E-state index contributed by atoms with van der Waals surface area (Å²) in [5.41, 5.74) is -0.110. The Bertz CT molecular complexity index is 683. The van der Waals surface area contributed by atoms with Crippen LogP contribution in [0.2, 0.25) is 0 Å². The lowest BCUT2D eigenvalue weighted by Crippen LogP contribution is -2.50. The van der Waals surface area contributed by atoms with Crippen molar-refractivity contribution in [3.8, 4) is 5.88 Å². The molecule has 1 aromatic heterocycles. The van der Waals surface area contributed by atoms with Gasteiger partial charge in [0, 0.05) is 32.5 Å². The first-order chi connectivity index (χ1) is 10.5. The third-order valence-electron chi connectivity index (χ3n) is 5.10. The van der Waals surface area contributed by atoms with Gasteiger partial charge in [0.05, 0.1) is 5.56 Å². The van der Waals surface area contributed by atoms with E-state index in [1.54, 1.807) is 7.05 Å². The highest BCUT2D eigenvalue weighted by Gasteiger charge is 2.46. The third kappa shape index (κ3) is 2.20. The van der Waals surface area contributed by atoms with Gasteiger partial charge in [0.1, 0.15) is 0 Å². The Hall–Kier alpha value is -1.56. The van der Waals surface area contributed by atoms with Crippen LogP contribution in [0, 0.1) is 0 Å². The number of rotatable bonds is 2. The zero-order valence-corrected chi connectivity index (χ0v) is 13.6. The zero-order valence-electron chi connectivity index (χ0n) is 13.6. The lowest BCUT2D eigenvalue weighted by molar-refractivity contribution is -0.112. The lowest BCUT2D eigenvalue weighted by Gasteiger charge is -2.44. The summed E-state index contributed by atoms with van der Waals surface area (Å²) in [5.74, 6) is 0.403. The molecule has 0 aromatic carbocycles. The van der Waals surface area contributed by atoms with Crippen LogP contribution in [0.3, 0.4) is 0 Å². The predicted octanol–water partition coefficient (Wildman–Crippen LogP) is 1.43. The van der Waals surface area contributed by atoms with Crippen LogP contribution in [-0.2, 0) is 24.2 Å². The van der Waals surface area contributed by atoms with Gasteiger partial charge in [0.15, 0.2) is 0 Å². The maximum absolute atomic E-state index is 12.8. The highest BCUT2D eigenvalue weighted by atomic mass is 16.7. The zero-order chi connectivity index (χ0) is 15.9. The minimum absolute atomic E-state index is 0.213. The highest BCUT2D eigenvalue weighted by Crippen LogP contribution is 2.47. The van der Waals surface area contributed by atoms with Crippen molar-refractivity contribution >= 4 is 0 Å². The van der Waals surface area contributed by atoms with E-state index in [4.69, 9.17) is 9.47 Å². The summed E-state index contributed by atoms with van der Waals surface area (Å²) in [7, 11) is 3.20. The van der Waals surface area contributed by atoms with Gasteiger partial charge in [-0.05, 0) is 19.8 Å². The Morgan fingerprint density at radius 1 is 1.18 bits per heavy atom. The van der Waals surface area contributed by atoms with Crippen molar-refractivity contribution in [2.45, 2.75) is 57.2 Å². The topological polar surface area (TPSA) is 62.5 Å². The molecular weight excluding hydrogens is 284 g/mol. The van der Waals surface area contributed by atoms with Crippen molar-refractivity contribution in [1.82, 2.24) is 9.13 Å². The molecule has 3 rings (SSSR count). The molecule has 1 saturated carbocycles. The number of hydrogen-bond donors (Lipinski definition) is 0. The summed E-state index contributed by atoms with van der Waals surface area (Å²) in [6.45, 7) is 2.48. The van der Waals surface area contributed by atoms with Gasteiger partial charge in [-0.15, -0.1) is 0 Å². The van der Waals surface area contributed by atoms with Crippen LogP contribution in [0.25, 0.3) is 0 Å². The number of ether oxygens (including phenoxy) is 2. The minimum atomic E-state index is -0.381. The van der Waals surface area contributed by atoms with E-state index in [2.05, 4.69) is 0 Å². The SMILES string of the molecule is CCOC1CC2(CCCCC2)c2c(n(C)c(=O)n(C)c2=O)O1. The Morgan fingerprint density at radius 2 is 1.86 bits per heavy atom. The van der Waals surface area contributed by atoms with Crippen molar-refractivity contribution < 1.29 is 9.47 Å². The van der Waals surface area contributed by atoms with E-state index in [0.717, 1.165) is 25.7 Å². The van der Waals surface area contributed by atoms with E-state index in [-0.39, 0.29) is 23.0 Å². The molecule has 1 fully saturated rings. The molecular formula is C16H24N2O4. The van der Waals surface area contributed by atoms with Crippen LogP contribution in [0.4, 0.5) is 0 Å². The van der Waals surface area contributed by atoms with Crippen LogP contribution < -0.4 is 16.0 Å². The molecule has 6 heteroatoms. The van der Waals surface area contributed by atoms with Crippen molar-refractivity contribution in [2.24, 2.45) is 14.1 Å². The standard InChI is InChI=1S/C16H24N2O4/c1-4-21-11-10-16(8-6-5-7-9-16)12-13(19)17(2)15(20)18(3)14(12)22-11/h11H,4-10H2,1-3H3. The fourth-order valence-electron chi connectivity index (χ4n) is 3.97. The summed E-state index contributed by atoms with van der Waals surface area (Å²) >= 11 is 0. The van der Waals surface area contributed by atoms with Gasteiger partial charge < -0.3 is 9.47 Å². The Kier molecular flexibility index (Phi) is 3.89. The van der Waals surface area contributed by atoms with Crippen LogP contribution in [0.1, 0.15) is 51.0 Å². The molecule has 0 N–H and O–H groups in total. The first-order valence-electron chi connectivity index (χ1n) is 8.09. The summed E-state index contributed by atoms with van der Waals surface area (Å²) < 4.78 is 14.2. The fourth-order valence-corrected chi connectivity index (χ4v) is 3.97. The van der Waals surface area contributed by atoms with Crippen molar-refractivity contribution in [1.29, 1.82) is 0 Å². The molecule has 6 nitrogen and oxygen atoms in total. The number of aromatic nitrogens is 2. The van der Waals surface area contributed by atoms with Crippen LogP contribution in [0.5, 0.6) is 5.88 Å². The Balaban J connectivity index is 2.23. The van der Waals surface area contributed by atoms with Crippen molar-refractivity contribution in [3.05, 3.63) is 26.4 Å². The molecule has 2 heterocycles. The van der Waals surface area contributed by atoms with E-state index in [0.29, 0.717) is 24.5 Å². The molecule has 1 aromatic rings. The molecule has 122 valence electrons. The van der Waals surface area contributed by atoms with Gasteiger partial charge in [-0.25, -0.2) is 4.79 Å². The second-order valence-electron chi connectivity index (χ2n) is 6.43. The third-order valence-corrected chi connectivity index (χ3v) is 5.10. The quantitative estimate of drug-likeness (QED) is 0.829. The lowest BCUT2D eigenvalue weighted by atomic mass is 9.67. The van der Waals surface area contributed by atoms with E-state index in [1.807, 2.05) is 6.92 Å². The van der Waals surface area contributed by atoms with Gasteiger partial charge in [-0.2, -0.15) is 0 Å². The highest BCUT2D eigenvalue weighted by molar-refractivity contribution is 5.36. The van der Waals surface area contributed by atoms with Crippen LogP contribution >= 0.6 is 0 Å². The summed E-state index contributed by atoms with van der Waals surface area (Å²) in [6, 6.07) is 0. The monoisotopic (exact) mass is 308 g/mol. The minimum Gasteiger partial charge on any atom is -0.449 e. The maximum atomic E-state index is 12.8. The second kappa shape index (κ2) is 5.57. The summed E-state index contributed by atoms with van der Waals surface area (Å²) in [4.78, 5) is 25.0. The van der Waals surface area contributed by atoms with E-state index < -0.39 is 0 Å². The maximum Gasteiger partial charge on any atom is 0.333 e. The molecule has 22 heavy (non-hydrogen) atoms. The van der Waals surface area contributed by atoms with Gasteiger partial charge in [0.25, 0.3) is 5.56 Å². The van der Waals surface area contributed by atoms with E-state index in [1.165, 1.54) is 22.6 Å². The van der Waals surface area contributed by atoms with Crippen molar-refractivity contribution in [3.63, 3.8) is 0 Å². The number of hydrogen-bond acceptors (Lipinski definition) is 4. The van der Waals surface area contributed by atoms with Gasteiger partial charge >= 0.3 is 5.69 Å². The Morgan fingerprint density at radius 3 is 2.50 bits per heavy atom. The Labute approximate surface area is 129 Å². The molecule has 2 aliphatic rings. The second-order valence-corrected chi connectivity index (χ2v) is 6.43. The van der Waals surface area contributed by atoms with Crippen molar-refractivity contribution in [2.75, 3.05) is 6.61 Å². The molecule has 1 atom stereocenters. The number of fused-ring (bicyclic) bond motifs is 2. The van der Waals surface area contributed by atoms with E-state index in [9.17, 15) is 9.59 Å². The molecule has 1 aliphatic carbocycles. The first kappa shape index (κ1) is 15.3. The van der Waals surface area contributed by atoms with Gasteiger partial charge in [-0.3, -0.25) is 13.9 Å². The molecule has 1 spiro atoms. The average Bonchev–Trinajstić information content (AvgIpc) is 2.51. The van der Waals surface area contributed by atoms with Crippen LogP contribution in [-0.4, -0.2) is 22.0 Å². The summed E-state index contributed by atoms with van der Waals surface area (Å²) in [6.07, 6.45) is 5.63. The smallest absolute Gasteiger partial charge is 0.333 e. The molecule has 1 unspecified atom stereocenters. The molecule has 0 bridgehead atoms. The molecule has 0 saturated heterocycles. The van der Waals surface area contributed by atoms with Gasteiger partial charge in [-0.1, -0.05) is 19.3 Å². The predicted molar refractivity (Wildman–Crippen MR) is 82.3 cm³/mol.